The van der Waals surface area contributed by atoms with E-state index in [1.54, 1.807) is 0 Å². The second-order valence-corrected chi connectivity index (χ2v) is 11.2. The van der Waals surface area contributed by atoms with Gasteiger partial charge in [0.1, 0.15) is 9.84 Å². The van der Waals surface area contributed by atoms with Crippen molar-refractivity contribution in [3.8, 4) is 0 Å². The third-order valence-corrected chi connectivity index (χ3v) is 9.83. The van der Waals surface area contributed by atoms with Crippen LogP contribution in [0.1, 0.15) is 39.0 Å². The van der Waals surface area contributed by atoms with E-state index < -0.39 is 9.84 Å². The fourth-order valence-electron chi connectivity index (χ4n) is 3.67. The minimum atomic E-state index is -2.93. The zero-order valence-electron chi connectivity index (χ0n) is 13.0. The van der Waals surface area contributed by atoms with Gasteiger partial charge in [-0.05, 0) is 31.6 Å². The number of rotatable bonds is 5. The fraction of sp³-hybridized carbons (Fsp3) is 1.00. The van der Waals surface area contributed by atoms with Crippen LogP contribution in [0.15, 0.2) is 0 Å². The fourth-order valence-corrected chi connectivity index (χ4v) is 8.18. The molecule has 4 nitrogen and oxygen atoms in total. The number of hydrogen-bond donors (Lipinski definition) is 2. The van der Waals surface area contributed by atoms with Crippen LogP contribution in [0, 0.1) is 5.92 Å². The molecule has 0 amide bonds. The Morgan fingerprint density at radius 3 is 2.62 bits per heavy atom. The van der Waals surface area contributed by atoms with Gasteiger partial charge in [-0.25, -0.2) is 8.42 Å². The van der Waals surface area contributed by atoms with Crippen LogP contribution in [0.4, 0.5) is 0 Å². The first-order valence-electron chi connectivity index (χ1n) is 7.85. The van der Waals surface area contributed by atoms with Gasteiger partial charge in [0.15, 0.2) is 0 Å². The van der Waals surface area contributed by atoms with Gasteiger partial charge in [0.25, 0.3) is 0 Å². The van der Waals surface area contributed by atoms with Crippen molar-refractivity contribution in [3.05, 3.63) is 0 Å². The highest BCUT2D eigenvalue weighted by atomic mass is 32.2. The standard InChI is InChI=1S/C14H28N2O2S3/c1-3-12-14(20-8-7-19-12)13(16-15)10-5-4-6-11(9-10)21(2,17)18/h10-14,16H,3-9,15H2,1-2H3. The van der Waals surface area contributed by atoms with Crippen molar-refractivity contribution in [3.63, 3.8) is 0 Å². The molecule has 1 heterocycles. The van der Waals surface area contributed by atoms with E-state index in [0.29, 0.717) is 16.4 Å². The Balaban J connectivity index is 2.09. The zero-order valence-corrected chi connectivity index (χ0v) is 15.4. The highest BCUT2D eigenvalue weighted by Crippen LogP contribution is 2.40. The molecule has 5 atom stereocenters. The van der Waals surface area contributed by atoms with Gasteiger partial charge in [-0.2, -0.15) is 23.5 Å². The van der Waals surface area contributed by atoms with E-state index in [1.807, 2.05) is 11.8 Å². The molecule has 0 radical (unpaired) electrons. The number of thioether (sulfide) groups is 2. The average Bonchev–Trinajstić information content (AvgIpc) is 2.48. The van der Waals surface area contributed by atoms with Gasteiger partial charge < -0.3 is 0 Å². The van der Waals surface area contributed by atoms with Gasteiger partial charge in [0, 0.05) is 34.3 Å². The molecule has 124 valence electrons. The predicted molar refractivity (Wildman–Crippen MR) is 94.5 cm³/mol. The van der Waals surface area contributed by atoms with Crippen LogP contribution in [0.25, 0.3) is 0 Å². The van der Waals surface area contributed by atoms with Crippen LogP contribution in [-0.2, 0) is 9.84 Å². The summed E-state index contributed by atoms with van der Waals surface area (Å²) in [5, 5.41) is 0.957. The molecule has 7 heteroatoms. The smallest absolute Gasteiger partial charge is 0.150 e. The number of hydrogen-bond acceptors (Lipinski definition) is 6. The Kier molecular flexibility index (Phi) is 6.74. The van der Waals surface area contributed by atoms with Gasteiger partial charge in [0.05, 0.1) is 5.25 Å². The van der Waals surface area contributed by atoms with Crippen LogP contribution in [0.2, 0.25) is 0 Å². The third kappa shape index (κ3) is 4.53. The molecule has 3 N–H and O–H groups in total. The van der Waals surface area contributed by atoms with E-state index in [2.05, 4.69) is 24.1 Å². The molecule has 0 bridgehead atoms. The van der Waals surface area contributed by atoms with Crippen molar-refractivity contribution in [2.24, 2.45) is 11.8 Å². The average molecular weight is 353 g/mol. The summed E-state index contributed by atoms with van der Waals surface area (Å²) in [4.78, 5) is 0. The highest BCUT2D eigenvalue weighted by molar-refractivity contribution is 8.07. The SMILES string of the molecule is CCC1SCCSC1C(NN)C1CCCC(S(C)(=O)=O)C1. The van der Waals surface area contributed by atoms with E-state index >= 15 is 0 Å². The molecule has 1 saturated carbocycles. The molecule has 5 unspecified atom stereocenters. The lowest BCUT2D eigenvalue weighted by molar-refractivity contribution is 0.263. The first kappa shape index (κ1) is 17.9. The lowest BCUT2D eigenvalue weighted by Crippen LogP contribution is -2.53. The molecule has 0 aromatic heterocycles. The molecule has 2 fully saturated rings. The molecule has 0 aromatic rings. The van der Waals surface area contributed by atoms with E-state index in [1.165, 1.54) is 17.8 Å². The summed E-state index contributed by atoms with van der Waals surface area (Å²) in [5.74, 6) is 8.66. The Labute approximate surface area is 137 Å². The van der Waals surface area contributed by atoms with E-state index in [9.17, 15) is 8.42 Å². The first-order valence-corrected chi connectivity index (χ1v) is 11.9. The monoisotopic (exact) mass is 352 g/mol. The van der Waals surface area contributed by atoms with Gasteiger partial charge in [-0.1, -0.05) is 13.3 Å². The van der Waals surface area contributed by atoms with E-state index in [4.69, 9.17) is 5.84 Å². The molecule has 2 rings (SSSR count). The Morgan fingerprint density at radius 1 is 1.29 bits per heavy atom. The highest BCUT2D eigenvalue weighted by Gasteiger charge is 2.39. The van der Waals surface area contributed by atoms with Crippen molar-refractivity contribution in [2.75, 3.05) is 17.8 Å². The van der Waals surface area contributed by atoms with Crippen LogP contribution in [0.3, 0.4) is 0 Å². The number of sulfone groups is 1. The Bertz CT molecular complexity index is 430. The molecule has 0 spiro atoms. The topological polar surface area (TPSA) is 72.2 Å². The summed E-state index contributed by atoms with van der Waals surface area (Å²) in [6, 6.07) is 0.234. The van der Waals surface area contributed by atoms with Crippen LogP contribution < -0.4 is 11.3 Å². The lowest BCUT2D eigenvalue weighted by Gasteiger charge is -2.41. The minimum Gasteiger partial charge on any atom is -0.271 e. The lowest BCUT2D eigenvalue weighted by atomic mass is 9.81. The summed E-state index contributed by atoms with van der Waals surface area (Å²) in [6.45, 7) is 2.24. The maximum Gasteiger partial charge on any atom is 0.150 e. The van der Waals surface area contributed by atoms with Crippen molar-refractivity contribution >= 4 is 33.4 Å². The molecular formula is C14H28N2O2S3. The van der Waals surface area contributed by atoms with Crippen LogP contribution in [-0.4, -0.2) is 48.0 Å². The molecule has 1 aliphatic heterocycles. The Morgan fingerprint density at radius 2 is 2.00 bits per heavy atom. The van der Waals surface area contributed by atoms with Gasteiger partial charge in [-0.15, -0.1) is 0 Å². The Hall–Kier alpha value is 0.570. The zero-order chi connectivity index (χ0) is 15.5. The first-order chi connectivity index (χ1) is 9.97. The normalized spacial score (nSPS) is 36.3. The van der Waals surface area contributed by atoms with E-state index in [-0.39, 0.29) is 11.3 Å². The molecule has 2 aliphatic rings. The summed E-state index contributed by atoms with van der Waals surface area (Å²) in [7, 11) is -2.93. The summed E-state index contributed by atoms with van der Waals surface area (Å²) in [6.07, 6.45) is 6.22. The summed E-state index contributed by atoms with van der Waals surface area (Å²) < 4.78 is 23.8. The summed E-state index contributed by atoms with van der Waals surface area (Å²) >= 11 is 4.07. The van der Waals surface area contributed by atoms with Gasteiger partial charge in [-0.3, -0.25) is 11.3 Å². The molecule has 0 aromatic carbocycles. The largest absolute Gasteiger partial charge is 0.271 e. The predicted octanol–water partition coefficient (Wildman–Crippen LogP) is 2.05. The second-order valence-electron chi connectivity index (χ2n) is 6.22. The van der Waals surface area contributed by atoms with Gasteiger partial charge in [0.2, 0.25) is 0 Å². The van der Waals surface area contributed by atoms with E-state index in [0.717, 1.165) is 32.1 Å². The van der Waals surface area contributed by atoms with Gasteiger partial charge >= 0.3 is 0 Å². The molecule has 1 saturated heterocycles. The number of hydrazine groups is 1. The molecule has 21 heavy (non-hydrogen) atoms. The number of nitrogens with two attached hydrogens (primary N) is 1. The minimum absolute atomic E-state index is 0.173. The quantitative estimate of drug-likeness (QED) is 0.583. The van der Waals surface area contributed by atoms with Crippen molar-refractivity contribution in [2.45, 2.75) is 60.8 Å². The molecule has 1 aliphatic carbocycles. The maximum absolute atomic E-state index is 11.9. The van der Waals surface area contributed by atoms with Crippen molar-refractivity contribution in [1.82, 2.24) is 5.43 Å². The molecular weight excluding hydrogens is 324 g/mol. The number of nitrogens with one attached hydrogen (secondary N) is 1. The second kappa shape index (κ2) is 7.90. The maximum atomic E-state index is 11.9. The summed E-state index contributed by atoms with van der Waals surface area (Å²) in [5.41, 5.74) is 3.05. The van der Waals surface area contributed by atoms with Crippen molar-refractivity contribution in [1.29, 1.82) is 0 Å². The third-order valence-electron chi connectivity index (χ3n) is 4.82. The van der Waals surface area contributed by atoms with Crippen LogP contribution in [0.5, 0.6) is 0 Å². The van der Waals surface area contributed by atoms with Crippen molar-refractivity contribution < 1.29 is 8.42 Å². The van der Waals surface area contributed by atoms with Crippen LogP contribution >= 0.6 is 23.5 Å².